The van der Waals surface area contributed by atoms with Gasteiger partial charge < -0.3 is 25.4 Å². The summed E-state index contributed by atoms with van der Waals surface area (Å²) in [5, 5.41) is 10.00. The summed E-state index contributed by atoms with van der Waals surface area (Å²) in [5.41, 5.74) is 1.14. The van der Waals surface area contributed by atoms with Crippen LogP contribution in [0.15, 0.2) is 59.6 Å². The van der Waals surface area contributed by atoms with Crippen LogP contribution >= 0.6 is 24.0 Å². The third-order valence-electron chi connectivity index (χ3n) is 3.93. The zero-order chi connectivity index (χ0) is 19.3. The fourth-order valence-corrected chi connectivity index (χ4v) is 2.52. The molecule has 28 heavy (non-hydrogen) atoms. The van der Waals surface area contributed by atoms with Gasteiger partial charge in [-0.1, -0.05) is 30.3 Å². The van der Waals surface area contributed by atoms with E-state index in [1.54, 1.807) is 14.2 Å². The Balaban J connectivity index is 0.00000392. The molecule has 0 aliphatic carbocycles. The fourth-order valence-electron chi connectivity index (χ4n) is 2.52. The molecule has 1 unspecified atom stereocenters. The van der Waals surface area contributed by atoms with E-state index in [9.17, 15) is 0 Å². The Morgan fingerprint density at radius 1 is 0.964 bits per heavy atom. The number of para-hydroxylation sites is 3. The second-order valence-electron chi connectivity index (χ2n) is 6.11. The molecule has 0 heterocycles. The van der Waals surface area contributed by atoms with Gasteiger partial charge in [-0.15, -0.1) is 24.0 Å². The predicted octanol–water partition coefficient (Wildman–Crippen LogP) is 3.75. The average molecular weight is 498 g/mol. The number of aliphatic imine (C=N–C) groups is 1. The van der Waals surface area contributed by atoms with Crippen LogP contribution in [-0.2, 0) is 0 Å². The van der Waals surface area contributed by atoms with Crippen molar-refractivity contribution in [3.63, 3.8) is 0 Å². The zero-order valence-electron chi connectivity index (χ0n) is 16.8. The third kappa shape index (κ3) is 8.69. The molecule has 0 radical (unpaired) electrons. The first-order valence-corrected chi connectivity index (χ1v) is 9.26. The molecule has 0 aliphatic heterocycles. The van der Waals surface area contributed by atoms with Crippen molar-refractivity contribution < 1.29 is 9.47 Å². The largest absolute Gasteiger partial charge is 0.493 e. The first kappa shape index (κ1) is 23.9. The lowest BCUT2D eigenvalue weighted by molar-refractivity contribution is 0.213. The SMILES string of the molecule is CN=C(NCCCNc1ccccc1)NCC(C)Oc1ccccc1OC.I. The van der Waals surface area contributed by atoms with Crippen LogP contribution in [0.2, 0.25) is 0 Å². The first-order valence-electron chi connectivity index (χ1n) is 9.26. The fraction of sp³-hybridized carbons (Fsp3) is 0.381. The maximum atomic E-state index is 5.94. The van der Waals surface area contributed by atoms with Crippen LogP contribution in [0.4, 0.5) is 5.69 Å². The molecule has 0 bridgehead atoms. The smallest absolute Gasteiger partial charge is 0.191 e. The summed E-state index contributed by atoms with van der Waals surface area (Å²) < 4.78 is 11.3. The van der Waals surface area contributed by atoms with Crippen LogP contribution in [0.1, 0.15) is 13.3 Å². The number of halogens is 1. The second-order valence-corrected chi connectivity index (χ2v) is 6.11. The van der Waals surface area contributed by atoms with Crippen molar-refractivity contribution in [1.82, 2.24) is 10.6 Å². The van der Waals surface area contributed by atoms with Crippen molar-refractivity contribution in [3.05, 3.63) is 54.6 Å². The summed E-state index contributed by atoms with van der Waals surface area (Å²) in [6.45, 7) is 4.39. The van der Waals surface area contributed by atoms with Crippen LogP contribution in [0.25, 0.3) is 0 Å². The van der Waals surface area contributed by atoms with Crippen molar-refractivity contribution in [1.29, 1.82) is 0 Å². The van der Waals surface area contributed by atoms with E-state index < -0.39 is 0 Å². The normalized spacial score (nSPS) is 11.8. The molecule has 0 amide bonds. The molecule has 2 aromatic rings. The number of methoxy groups -OCH3 is 1. The van der Waals surface area contributed by atoms with Gasteiger partial charge >= 0.3 is 0 Å². The van der Waals surface area contributed by atoms with E-state index in [2.05, 4.69) is 33.1 Å². The van der Waals surface area contributed by atoms with Gasteiger partial charge in [0.15, 0.2) is 17.5 Å². The highest BCUT2D eigenvalue weighted by Crippen LogP contribution is 2.26. The Bertz CT molecular complexity index is 698. The van der Waals surface area contributed by atoms with Crippen LogP contribution in [0, 0.1) is 0 Å². The van der Waals surface area contributed by atoms with E-state index in [1.165, 1.54) is 0 Å². The van der Waals surface area contributed by atoms with Gasteiger partial charge in [-0.25, -0.2) is 0 Å². The summed E-state index contributed by atoms with van der Waals surface area (Å²) in [6, 6.07) is 17.9. The minimum Gasteiger partial charge on any atom is -0.493 e. The molecule has 3 N–H and O–H groups in total. The zero-order valence-corrected chi connectivity index (χ0v) is 19.1. The van der Waals surface area contributed by atoms with E-state index in [0.29, 0.717) is 6.54 Å². The maximum Gasteiger partial charge on any atom is 0.191 e. The van der Waals surface area contributed by atoms with E-state index in [-0.39, 0.29) is 30.1 Å². The Morgan fingerprint density at radius 2 is 1.64 bits per heavy atom. The number of guanidine groups is 1. The van der Waals surface area contributed by atoms with Gasteiger partial charge in [0.1, 0.15) is 6.10 Å². The Hall–Kier alpha value is -2.16. The lowest BCUT2D eigenvalue weighted by Crippen LogP contribution is -2.42. The molecular weight excluding hydrogens is 467 g/mol. The Kier molecular flexibility index (Phi) is 11.9. The van der Waals surface area contributed by atoms with Gasteiger partial charge in [0.25, 0.3) is 0 Å². The maximum absolute atomic E-state index is 5.94. The van der Waals surface area contributed by atoms with E-state index >= 15 is 0 Å². The van der Waals surface area contributed by atoms with Gasteiger partial charge in [0, 0.05) is 25.8 Å². The number of ether oxygens (including phenoxy) is 2. The molecular formula is C21H31IN4O2. The molecule has 154 valence electrons. The van der Waals surface area contributed by atoms with Crippen LogP contribution < -0.4 is 25.4 Å². The average Bonchev–Trinajstić information content (AvgIpc) is 2.71. The number of anilines is 1. The van der Waals surface area contributed by atoms with E-state index in [0.717, 1.165) is 42.7 Å². The standard InChI is InChI=1S/C21H30N4O2.HI/c1-17(27-20-13-8-7-12-19(20)26-3)16-25-21(22-2)24-15-9-14-23-18-10-5-4-6-11-18;/h4-8,10-13,17,23H,9,14-16H2,1-3H3,(H2,22,24,25);1H. The van der Waals surface area contributed by atoms with Crippen LogP contribution in [0.5, 0.6) is 11.5 Å². The monoisotopic (exact) mass is 498 g/mol. The third-order valence-corrected chi connectivity index (χ3v) is 3.93. The molecule has 0 saturated carbocycles. The highest BCUT2D eigenvalue weighted by Gasteiger charge is 2.09. The summed E-state index contributed by atoms with van der Waals surface area (Å²) in [5.74, 6) is 2.24. The number of rotatable bonds is 10. The van der Waals surface area contributed by atoms with Crippen LogP contribution in [-0.4, -0.2) is 45.9 Å². The topological polar surface area (TPSA) is 66.9 Å². The van der Waals surface area contributed by atoms with Crippen molar-refractivity contribution >= 4 is 35.6 Å². The summed E-state index contributed by atoms with van der Waals surface area (Å²) in [4.78, 5) is 4.25. The quantitative estimate of drug-likeness (QED) is 0.202. The van der Waals surface area contributed by atoms with Crippen molar-refractivity contribution in [2.24, 2.45) is 4.99 Å². The molecule has 0 saturated heterocycles. The second kappa shape index (κ2) is 13.9. The number of hydrogen-bond donors (Lipinski definition) is 3. The molecule has 6 nitrogen and oxygen atoms in total. The van der Waals surface area contributed by atoms with Gasteiger partial charge in [0.2, 0.25) is 0 Å². The predicted molar refractivity (Wildman–Crippen MR) is 127 cm³/mol. The highest BCUT2D eigenvalue weighted by atomic mass is 127. The lowest BCUT2D eigenvalue weighted by Gasteiger charge is -2.19. The molecule has 1 atom stereocenters. The van der Waals surface area contributed by atoms with Crippen molar-refractivity contribution in [3.8, 4) is 11.5 Å². The van der Waals surface area contributed by atoms with Gasteiger partial charge in [-0.3, -0.25) is 4.99 Å². The number of hydrogen-bond acceptors (Lipinski definition) is 4. The molecule has 7 heteroatoms. The Labute approximate surface area is 185 Å². The molecule has 0 aliphatic rings. The van der Waals surface area contributed by atoms with Gasteiger partial charge in [-0.05, 0) is 37.6 Å². The highest BCUT2D eigenvalue weighted by molar-refractivity contribution is 14.0. The van der Waals surface area contributed by atoms with Crippen molar-refractivity contribution in [2.75, 3.05) is 39.1 Å². The first-order chi connectivity index (χ1) is 13.2. The summed E-state index contributed by atoms with van der Waals surface area (Å²) in [7, 11) is 3.41. The molecule has 2 aromatic carbocycles. The van der Waals surface area contributed by atoms with Gasteiger partial charge in [0.05, 0.1) is 13.7 Å². The molecule has 2 rings (SSSR count). The minimum atomic E-state index is -0.0282. The molecule has 0 fully saturated rings. The van der Waals surface area contributed by atoms with E-state index in [1.807, 2.05) is 49.4 Å². The minimum absolute atomic E-state index is 0. The molecule has 0 aromatic heterocycles. The summed E-state index contributed by atoms with van der Waals surface area (Å²) >= 11 is 0. The number of nitrogens with zero attached hydrogens (tertiary/aromatic N) is 1. The Morgan fingerprint density at radius 3 is 2.32 bits per heavy atom. The summed E-state index contributed by atoms with van der Waals surface area (Å²) in [6.07, 6.45) is 0.961. The lowest BCUT2D eigenvalue weighted by atomic mass is 10.3. The molecule has 0 spiro atoms. The number of nitrogens with one attached hydrogen (secondary N) is 3. The van der Waals surface area contributed by atoms with Crippen molar-refractivity contribution in [2.45, 2.75) is 19.4 Å². The number of benzene rings is 2. The van der Waals surface area contributed by atoms with Gasteiger partial charge in [-0.2, -0.15) is 0 Å². The van der Waals surface area contributed by atoms with Crippen LogP contribution in [0.3, 0.4) is 0 Å². The van der Waals surface area contributed by atoms with E-state index in [4.69, 9.17) is 9.47 Å².